The van der Waals surface area contributed by atoms with Gasteiger partial charge >= 0.3 is 0 Å². The van der Waals surface area contributed by atoms with Gasteiger partial charge in [-0.25, -0.2) is 0 Å². The normalized spacial score (nSPS) is 29.7. The zero-order valence-electron chi connectivity index (χ0n) is 12.1. The maximum atomic E-state index is 12.3. The van der Waals surface area contributed by atoms with Crippen LogP contribution in [0.3, 0.4) is 0 Å². The molecular weight excluding hydrogens is 260 g/mol. The van der Waals surface area contributed by atoms with E-state index in [1.807, 2.05) is 0 Å². The van der Waals surface area contributed by atoms with Crippen molar-refractivity contribution in [3.05, 3.63) is 0 Å². The smallest absolute Gasteiger partial charge is 0.223 e. The molecule has 0 aromatic rings. The SMILES string of the molecule is CC1CC(NC(=O)C2CCCCCCC2)CCN1.Cl. The van der Waals surface area contributed by atoms with Crippen molar-refractivity contribution < 1.29 is 4.79 Å². The first kappa shape index (κ1) is 16.8. The zero-order valence-corrected chi connectivity index (χ0v) is 12.9. The van der Waals surface area contributed by atoms with Gasteiger partial charge in [-0.05, 0) is 39.2 Å². The number of hydrogen-bond donors (Lipinski definition) is 2. The molecule has 0 aromatic heterocycles. The van der Waals surface area contributed by atoms with Gasteiger partial charge in [0.1, 0.15) is 0 Å². The van der Waals surface area contributed by atoms with Crippen molar-refractivity contribution in [3.63, 3.8) is 0 Å². The molecule has 2 unspecified atom stereocenters. The Morgan fingerprint density at radius 3 is 2.32 bits per heavy atom. The lowest BCUT2D eigenvalue weighted by molar-refractivity contribution is -0.126. The van der Waals surface area contributed by atoms with Crippen LogP contribution < -0.4 is 10.6 Å². The standard InChI is InChI=1S/C15H28N2O.ClH/c1-12-11-14(9-10-16-12)17-15(18)13-7-5-3-2-4-6-8-13;/h12-14,16H,2-11H2,1H3,(H,17,18);1H. The first-order chi connectivity index (χ1) is 8.75. The van der Waals surface area contributed by atoms with Gasteiger partial charge in [0, 0.05) is 18.0 Å². The topological polar surface area (TPSA) is 41.1 Å². The second-order valence-electron chi connectivity index (χ2n) is 6.13. The van der Waals surface area contributed by atoms with Crippen LogP contribution in [0.25, 0.3) is 0 Å². The molecule has 1 amide bonds. The molecule has 1 saturated carbocycles. The van der Waals surface area contributed by atoms with Gasteiger partial charge in [-0.2, -0.15) is 0 Å². The number of rotatable bonds is 2. The fraction of sp³-hybridized carbons (Fsp3) is 0.933. The molecule has 4 heteroatoms. The predicted octanol–water partition coefficient (Wildman–Crippen LogP) is 3.03. The molecule has 2 N–H and O–H groups in total. The average molecular weight is 289 g/mol. The third kappa shape index (κ3) is 5.70. The summed E-state index contributed by atoms with van der Waals surface area (Å²) in [4.78, 5) is 12.3. The van der Waals surface area contributed by atoms with Crippen LogP contribution in [0, 0.1) is 5.92 Å². The minimum atomic E-state index is 0. The number of piperidine rings is 1. The van der Waals surface area contributed by atoms with Crippen molar-refractivity contribution in [2.75, 3.05) is 6.54 Å². The van der Waals surface area contributed by atoms with E-state index in [0.717, 1.165) is 32.2 Å². The van der Waals surface area contributed by atoms with E-state index in [2.05, 4.69) is 17.6 Å². The van der Waals surface area contributed by atoms with E-state index in [1.54, 1.807) is 0 Å². The van der Waals surface area contributed by atoms with Gasteiger partial charge in [0.15, 0.2) is 0 Å². The van der Waals surface area contributed by atoms with E-state index >= 15 is 0 Å². The van der Waals surface area contributed by atoms with Crippen LogP contribution in [-0.4, -0.2) is 24.5 Å². The fourth-order valence-electron chi connectivity index (χ4n) is 3.30. The number of nitrogens with one attached hydrogen (secondary N) is 2. The number of halogens is 1. The summed E-state index contributed by atoms with van der Waals surface area (Å²) < 4.78 is 0. The summed E-state index contributed by atoms with van der Waals surface area (Å²) in [5, 5.41) is 6.72. The van der Waals surface area contributed by atoms with Gasteiger partial charge in [-0.15, -0.1) is 12.4 Å². The molecule has 1 heterocycles. The number of carbonyl (C=O) groups excluding carboxylic acids is 1. The first-order valence-corrected chi connectivity index (χ1v) is 7.79. The van der Waals surface area contributed by atoms with Crippen molar-refractivity contribution in [1.82, 2.24) is 10.6 Å². The highest BCUT2D eigenvalue weighted by Crippen LogP contribution is 2.23. The molecular formula is C15H29ClN2O. The Kier molecular flexibility index (Phi) is 7.77. The molecule has 2 rings (SSSR count). The highest BCUT2D eigenvalue weighted by molar-refractivity contribution is 5.85. The van der Waals surface area contributed by atoms with Crippen LogP contribution >= 0.6 is 12.4 Å². The number of hydrogen-bond acceptors (Lipinski definition) is 2. The van der Waals surface area contributed by atoms with Gasteiger partial charge in [0.25, 0.3) is 0 Å². The minimum Gasteiger partial charge on any atom is -0.353 e. The molecule has 2 fully saturated rings. The zero-order chi connectivity index (χ0) is 12.8. The van der Waals surface area contributed by atoms with Gasteiger partial charge in [-0.1, -0.05) is 32.1 Å². The Morgan fingerprint density at radius 1 is 1.05 bits per heavy atom. The summed E-state index contributed by atoms with van der Waals surface area (Å²) in [6.45, 7) is 3.24. The third-order valence-electron chi connectivity index (χ3n) is 4.45. The summed E-state index contributed by atoms with van der Waals surface area (Å²) in [6, 6.07) is 0.945. The van der Waals surface area contributed by atoms with Crippen LogP contribution in [0.1, 0.15) is 64.7 Å². The molecule has 1 aliphatic heterocycles. The summed E-state index contributed by atoms with van der Waals surface area (Å²) >= 11 is 0. The fourth-order valence-corrected chi connectivity index (χ4v) is 3.30. The molecule has 112 valence electrons. The van der Waals surface area contributed by atoms with E-state index in [4.69, 9.17) is 0 Å². The molecule has 0 aromatic carbocycles. The van der Waals surface area contributed by atoms with Crippen molar-refractivity contribution >= 4 is 18.3 Å². The molecule has 1 saturated heterocycles. The molecule has 2 atom stereocenters. The maximum Gasteiger partial charge on any atom is 0.223 e. The second kappa shape index (κ2) is 8.80. The average Bonchev–Trinajstić information content (AvgIpc) is 2.28. The van der Waals surface area contributed by atoms with Crippen molar-refractivity contribution in [3.8, 4) is 0 Å². The van der Waals surface area contributed by atoms with Crippen LogP contribution in [0.2, 0.25) is 0 Å². The van der Waals surface area contributed by atoms with Gasteiger partial charge in [-0.3, -0.25) is 4.79 Å². The molecule has 0 spiro atoms. The Balaban J connectivity index is 0.00000180. The Bertz CT molecular complexity index is 265. The van der Waals surface area contributed by atoms with Crippen molar-refractivity contribution in [2.45, 2.75) is 76.8 Å². The monoisotopic (exact) mass is 288 g/mol. The molecule has 1 aliphatic carbocycles. The Labute approximate surface area is 123 Å². The van der Waals surface area contributed by atoms with Gasteiger partial charge in [0.05, 0.1) is 0 Å². The highest BCUT2D eigenvalue weighted by atomic mass is 35.5. The molecule has 2 aliphatic rings. The van der Waals surface area contributed by atoms with Gasteiger partial charge < -0.3 is 10.6 Å². The van der Waals surface area contributed by atoms with E-state index in [0.29, 0.717) is 18.0 Å². The lowest BCUT2D eigenvalue weighted by Gasteiger charge is -2.30. The Morgan fingerprint density at radius 2 is 1.68 bits per heavy atom. The van der Waals surface area contributed by atoms with Crippen LogP contribution in [0.15, 0.2) is 0 Å². The number of carbonyl (C=O) groups is 1. The van der Waals surface area contributed by atoms with Crippen molar-refractivity contribution in [2.24, 2.45) is 5.92 Å². The summed E-state index contributed by atoms with van der Waals surface area (Å²) in [5.41, 5.74) is 0. The first-order valence-electron chi connectivity index (χ1n) is 7.79. The lowest BCUT2D eigenvalue weighted by atomic mass is 9.90. The highest BCUT2D eigenvalue weighted by Gasteiger charge is 2.24. The summed E-state index contributed by atoms with van der Waals surface area (Å²) in [7, 11) is 0. The summed E-state index contributed by atoms with van der Waals surface area (Å²) in [5.74, 6) is 0.617. The second-order valence-corrected chi connectivity index (χ2v) is 6.13. The van der Waals surface area contributed by atoms with E-state index in [9.17, 15) is 4.79 Å². The van der Waals surface area contributed by atoms with E-state index in [-0.39, 0.29) is 18.3 Å². The molecule has 0 radical (unpaired) electrons. The molecule has 3 nitrogen and oxygen atoms in total. The maximum absolute atomic E-state index is 12.3. The summed E-state index contributed by atoms with van der Waals surface area (Å²) in [6.07, 6.45) is 10.8. The van der Waals surface area contributed by atoms with Crippen molar-refractivity contribution in [1.29, 1.82) is 0 Å². The lowest BCUT2D eigenvalue weighted by Crippen LogP contribution is -2.48. The largest absolute Gasteiger partial charge is 0.353 e. The van der Waals surface area contributed by atoms with Crippen LogP contribution in [-0.2, 0) is 4.79 Å². The quantitative estimate of drug-likeness (QED) is 0.820. The Hall–Kier alpha value is -0.280. The van der Waals surface area contributed by atoms with E-state index < -0.39 is 0 Å². The van der Waals surface area contributed by atoms with Crippen LogP contribution in [0.5, 0.6) is 0 Å². The molecule has 0 bridgehead atoms. The minimum absolute atomic E-state index is 0. The predicted molar refractivity (Wildman–Crippen MR) is 81.7 cm³/mol. The number of amides is 1. The molecule has 19 heavy (non-hydrogen) atoms. The third-order valence-corrected chi connectivity index (χ3v) is 4.45. The van der Waals surface area contributed by atoms with Crippen LogP contribution in [0.4, 0.5) is 0 Å². The van der Waals surface area contributed by atoms with E-state index in [1.165, 1.54) is 32.1 Å². The van der Waals surface area contributed by atoms with Gasteiger partial charge in [0.2, 0.25) is 5.91 Å².